The molecule has 0 bridgehead atoms. The van der Waals surface area contributed by atoms with Gasteiger partial charge in [-0.1, -0.05) is 25.4 Å². The summed E-state index contributed by atoms with van der Waals surface area (Å²) in [5, 5.41) is 0.708. The molecule has 0 N–H and O–H groups in total. The fraction of sp³-hybridized carbons (Fsp3) is 0.500. The first-order valence-electron chi connectivity index (χ1n) is 5.17. The van der Waals surface area contributed by atoms with Gasteiger partial charge in [-0.15, -0.1) is 0 Å². The molecule has 1 atom stereocenters. The summed E-state index contributed by atoms with van der Waals surface area (Å²) >= 11 is 5.79. The second-order valence-corrected chi connectivity index (χ2v) is 4.08. The van der Waals surface area contributed by atoms with Crippen molar-refractivity contribution in [3.63, 3.8) is 0 Å². The standard InChI is InChI=1S/C12H17ClO2/c1-4-14-12(9(2)3)15-11-7-5-10(13)6-8-11/h5-9,12H,4H2,1-3H3. The van der Waals surface area contributed by atoms with Crippen LogP contribution in [-0.2, 0) is 4.74 Å². The van der Waals surface area contributed by atoms with Gasteiger partial charge in [-0.25, -0.2) is 0 Å². The Morgan fingerprint density at radius 3 is 2.27 bits per heavy atom. The molecule has 0 aliphatic heterocycles. The first-order chi connectivity index (χ1) is 7.13. The lowest BCUT2D eigenvalue weighted by atomic mass is 10.2. The van der Waals surface area contributed by atoms with Crippen LogP contribution < -0.4 is 4.74 Å². The molecule has 84 valence electrons. The van der Waals surface area contributed by atoms with E-state index < -0.39 is 0 Å². The highest BCUT2D eigenvalue weighted by Gasteiger charge is 2.14. The molecule has 0 amide bonds. The van der Waals surface area contributed by atoms with E-state index in [-0.39, 0.29) is 6.29 Å². The van der Waals surface area contributed by atoms with E-state index in [0.29, 0.717) is 17.5 Å². The normalized spacial score (nSPS) is 12.9. The van der Waals surface area contributed by atoms with Crippen LogP contribution in [-0.4, -0.2) is 12.9 Å². The van der Waals surface area contributed by atoms with Crippen molar-refractivity contribution in [1.29, 1.82) is 0 Å². The van der Waals surface area contributed by atoms with E-state index in [9.17, 15) is 0 Å². The third kappa shape index (κ3) is 4.10. The first kappa shape index (κ1) is 12.3. The summed E-state index contributed by atoms with van der Waals surface area (Å²) in [6.45, 7) is 6.74. The van der Waals surface area contributed by atoms with Crippen molar-refractivity contribution in [2.24, 2.45) is 5.92 Å². The highest BCUT2D eigenvalue weighted by Crippen LogP contribution is 2.19. The number of hydrogen-bond donors (Lipinski definition) is 0. The monoisotopic (exact) mass is 228 g/mol. The second-order valence-electron chi connectivity index (χ2n) is 3.64. The van der Waals surface area contributed by atoms with Crippen LogP contribution in [0.3, 0.4) is 0 Å². The Balaban J connectivity index is 2.61. The Hall–Kier alpha value is -0.730. The van der Waals surface area contributed by atoms with Gasteiger partial charge < -0.3 is 9.47 Å². The molecule has 0 aromatic heterocycles. The minimum Gasteiger partial charge on any atom is -0.465 e. The summed E-state index contributed by atoms with van der Waals surface area (Å²) in [6, 6.07) is 7.30. The molecule has 1 rings (SSSR count). The maximum Gasteiger partial charge on any atom is 0.202 e. The molecular weight excluding hydrogens is 212 g/mol. The van der Waals surface area contributed by atoms with Gasteiger partial charge in [-0.3, -0.25) is 0 Å². The molecule has 0 radical (unpaired) electrons. The molecule has 3 heteroatoms. The van der Waals surface area contributed by atoms with E-state index in [2.05, 4.69) is 13.8 Å². The van der Waals surface area contributed by atoms with Crippen LogP contribution in [0, 0.1) is 5.92 Å². The summed E-state index contributed by atoms with van der Waals surface area (Å²) in [5.41, 5.74) is 0. The molecule has 15 heavy (non-hydrogen) atoms. The summed E-state index contributed by atoms with van der Waals surface area (Å²) < 4.78 is 11.2. The molecule has 1 aromatic rings. The minimum atomic E-state index is -0.198. The highest BCUT2D eigenvalue weighted by molar-refractivity contribution is 6.30. The van der Waals surface area contributed by atoms with Crippen LogP contribution in [0.5, 0.6) is 5.75 Å². The van der Waals surface area contributed by atoms with Gasteiger partial charge in [0.05, 0.1) is 0 Å². The summed E-state index contributed by atoms with van der Waals surface area (Å²) in [5.74, 6) is 1.10. The summed E-state index contributed by atoms with van der Waals surface area (Å²) in [6.07, 6.45) is -0.198. The Morgan fingerprint density at radius 2 is 1.80 bits per heavy atom. The predicted molar refractivity (Wildman–Crippen MR) is 62.3 cm³/mol. The lowest BCUT2D eigenvalue weighted by Crippen LogP contribution is -2.26. The topological polar surface area (TPSA) is 18.5 Å². The zero-order valence-electron chi connectivity index (χ0n) is 9.37. The fourth-order valence-corrected chi connectivity index (χ4v) is 1.30. The molecule has 0 heterocycles. The molecule has 0 aliphatic carbocycles. The number of ether oxygens (including phenoxy) is 2. The SMILES string of the molecule is CCOC(Oc1ccc(Cl)cc1)C(C)C. The van der Waals surface area contributed by atoms with Gasteiger partial charge in [0, 0.05) is 17.5 Å². The molecular formula is C12H17ClO2. The van der Waals surface area contributed by atoms with Crippen LogP contribution in [0.1, 0.15) is 20.8 Å². The molecule has 0 aliphatic rings. The largest absolute Gasteiger partial charge is 0.465 e. The van der Waals surface area contributed by atoms with Crippen molar-refractivity contribution in [2.75, 3.05) is 6.61 Å². The van der Waals surface area contributed by atoms with Gasteiger partial charge >= 0.3 is 0 Å². The van der Waals surface area contributed by atoms with Gasteiger partial charge in [0.25, 0.3) is 0 Å². The quantitative estimate of drug-likeness (QED) is 0.715. The molecule has 2 nitrogen and oxygen atoms in total. The smallest absolute Gasteiger partial charge is 0.202 e. The third-order valence-corrected chi connectivity index (χ3v) is 2.19. The van der Waals surface area contributed by atoms with Crippen molar-refractivity contribution in [1.82, 2.24) is 0 Å². The predicted octanol–water partition coefficient (Wildman–Crippen LogP) is 3.74. The van der Waals surface area contributed by atoms with Crippen molar-refractivity contribution in [3.05, 3.63) is 29.3 Å². The molecule has 0 saturated heterocycles. The molecule has 0 spiro atoms. The zero-order valence-corrected chi connectivity index (χ0v) is 10.1. The van der Waals surface area contributed by atoms with Crippen molar-refractivity contribution in [3.8, 4) is 5.75 Å². The van der Waals surface area contributed by atoms with E-state index in [1.165, 1.54) is 0 Å². The van der Waals surface area contributed by atoms with Crippen LogP contribution in [0.4, 0.5) is 0 Å². The minimum absolute atomic E-state index is 0.198. The molecule has 1 aromatic carbocycles. The van der Waals surface area contributed by atoms with Crippen molar-refractivity contribution in [2.45, 2.75) is 27.1 Å². The lowest BCUT2D eigenvalue weighted by Gasteiger charge is -2.22. The molecule has 0 saturated carbocycles. The van der Waals surface area contributed by atoms with Crippen molar-refractivity contribution >= 4 is 11.6 Å². The fourth-order valence-electron chi connectivity index (χ4n) is 1.17. The Morgan fingerprint density at radius 1 is 1.20 bits per heavy atom. The van der Waals surface area contributed by atoms with Crippen molar-refractivity contribution < 1.29 is 9.47 Å². The lowest BCUT2D eigenvalue weighted by molar-refractivity contribution is -0.103. The van der Waals surface area contributed by atoms with E-state index in [0.717, 1.165) is 5.75 Å². The number of benzene rings is 1. The first-order valence-corrected chi connectivity index (χ1v) is 5.55. The number of rotatable bonds is 5. The van der Waals surface area contributed by atoms with Gasteiger partial charge in [-0.05, 0) is 31.2 Å². The Labute approximate surface area is 96.2 Å². The Kier molecular flexibility index (Phi) is 4.92. The van der Waals surface area contributed by atoms with Crippen LogP contribution >= 0.6 is 11.6 Å². The molecule has 1 unspecified atom stereocenters. The average Bonchev–Trinajstić information content (AvgIpc) is 2.20. The van der Waals surface area contributed by atoms with Crippen LogP contribution in [0.15, 0.2) is 24.3 Å². The van der Waals surface area contributed by atoms with Crippen LogP contribution in [0.25, 0.3) is 0 Å². The zero-order chi connectivity index (χ0) is 11.3. The van der Waals surface area contributed by atoms with E-state index in [1.54, 1.807) is 12.1 Å². The number of hydrogen-bond acceptors (Lipinski definition) is 2. The number of halogens is 1. The van der Waals surface area contributed by atoms with Gasteiger partial charge in [0.1, 0.15) is 5.75 Å². The second kappa shape index (κ2) is 5.99. The van der Waals surface area contributed by atoms with Gasteiger partial charge in [-0.2, -0.15) is 0 Å². The average molecular weight is 229 g/mol. The van der Waals surface area contributed by atoms with Gasteiger partial charge in [0.2, 0.25) is 6.29 Å². The third-order valence-electron chi connectivity index (χ3n) is 1.94. The van der Waals surface area contributed by atoms with E-state index in [4.69, 9.17) is 21.1 Å². The van der Waals surface area contributed by atoms with E-state index in [1.807, 2.05) is 19.1 Å². The van der Waals surface area contributed by atoms with Crippen LogP contribution in [0.2, 0.25) is 5.02 Å². The van der Waals surface area contributed by atoms with Gasteiger partial charge in [0.15, 0.2) is 0 Å². The maximum atomic E-state index is 5.79. The Bertz CT molecular complexity index is 282. The van der Waals surface area contributed by atoms with E-state index >= 15 is 0 Å². The summed E-state index contributed by atoms with van der Waals surface area (Å²) in [7, 11) is 0. The molecule has 0 fully saturated rings. The maximum absolute atomic E-state index is 5.79. The summed E-state index contributed by atoms with van der Waals surface area (Å²) in [4.78, 5) is 0. The highest BCUT2D eigenvalue weighted by atomic mass is 35.5.